The van der Waals surface area contributed by atoms with Gasteiger partial charge in [-0.3, -0.25) is 0 Å². The van der Waals surface area contributed by atoms with Crippen molar-refractivity contribution in [3.63, 3.8) is 0 Å². The van der Waals surface area contributed by atoms with Crippen LogP contribution in [-0.2, 0) is 0 Å². The molecule has 1 aliphatic heterocycles. The maximum absolute atomic E-state index is 4.75. The molecule has 0 unspecified atom stereocenters. The van der Waals surface area contributed by atoms with Gasteiger partial charge in [-0.2, -0.15) is 0 Å². The van der Waals surface area contributed by atoms with Crippen LogP contribution < -0.4 is 5.32 Å². The second-order valence-electron chi connectivity index (χ2n) is 6.76. The lowest BCUT2D eigenvalue weighted by Crippen LogP contribution is -2.29. The molecule has 3 heterocycles. The van der Waals surface area contributed by atoms with Gasteiger partial charge in [-0.25, -0.2) is 9.97 Å². The van der Waals surface area contributed by atoms with Crippen LogP contribution in [0.25, 0.3) is 33.1 Å². The molecule has 0 bridgehead atoms. The molecule has 4 aromatic rings. The van der Waals surface area contributed by atoms with Crippen LogP contribution in [-0.4, -0.2) is 27.6 Å². The van der Waals surface area contributed by atoms with Crippen LogP contribution in [0.2, 0.25) is 0 Å². The lowest BCUT2D eigenvalue weighted by molar-refractivity contribution is 0.373. The summed E-state index contributed by atoms with van der Waals surface area (Å²) in [5.41, 5.74) is 4.28. The van der Waals surface area contributed by atoms with Crippen molar-refractivity contribution in [1.82, 2.24) is 19.9 Å². The number of fused-ring (bicyclic) bond motifs is 2. The zero-order valence-electron chi connectivity index (χ0n) is 14.0. The summed E-state index contributed by atoms with van der Waals surface area (Å²) in [4.78, 5) is 9.38. The Balaban J connectivity index is 1.55. The summed E-state index contributed by atoms with van der Waals surface area (Å²) in [6.07, 6.45) is 6.21. The van der Waals surface area contributed by atoms with Crippen LogP contribution in [0, 0.1) is 0 Å². The van der Waals surface area contributed by atoms with E-state index in [4.69, 9.17) is 4.98 Å². The number of benzene rings is 2. The molecule has 0 atom stereocenters. The summed E-state index contributed by atoms with van der Waals surface area (Å²) in [5, 5.41) is 5.93. The number of nitrogens with zero attached hydrogens (tertiary/aromatic N) is 3. The van der Waals surface area contributed by atoms with Crippen molar-refractivity contribution in [2.75, 3.05) is 13.1 Å². The fourth-order valence-corrected chi connectivity index (χ4v) is 3.80. The second kappa shape index (κ2) is 5.97. The third-order valence-electron chi connectivity index (χ3n) is 5.20. The van der Waals surface area contributed by atoms with E-state index in [-0.39, 0.29) is 0 Å². The first-order valence-electron chi connectivity index (χ1n) is 8.91. The molecule has 1 aliphatic rings. The number of nitrogens with one attached hydrogen (secondary N) is 1. The van der Waals surface area contributed by atoms with E-state index in [9.17, 15) is 0 Å². The van der Waals surface area contributed by atoms with Crippen molar-refractivity contribution < 1.29 is 0 Å². The highest BCUT2D eigenvalue weighted by molar-refractivity contribution is 5.88. The average molecular weight is 328 g/mol. The van der Waals surface area contributed by atoms with Gasteiger partial charge in [-0.1, -0.05) is 36.4 Å². The van der Waals surface area contributed by atoms with Crippen LogP contribution >= 0.6 is 0 Å². The molecule has 25 heavy (non-hydrogen) atoms. The Kier molecular flexibility index (Phi) is 3.49. The van der Waals surface area contributed by atoms with E-state index < -0.39 is 0 Å². The fourth-order valence-electron chi connectivity index (χ4n) is 3.80. The van der Waals surface area contributed by atoms with Crippen molar-refractivity contribution in [2.24, 2.45) is 0 Å². The van der Waals surface area contributed by atoms with Crippen LogP contribution in [0.3, 0.4) is 0 Å². The van der Waals surface area contributed by atoms with Gasteiger partial charge < -0.3 is 9.88 Å². The summed E-state index contributed by atoms with van der Waals surface area (Å²) in [7, 11) is 0. The van der Waals surface area contributed by atoms with Gasteiger partial charge in [-0.05, 0) is 54.4 Å². The third-order valence-corrected chi connectivity index (χ3v) is 5.20. The summed E-state index contributed by atoms with van der Waals surface area (Å²) in [6, 6.07) is 17.7. The molecule has 0 spiro atoms. The van der Waals surface area contributed by atoms with Gasteiger partial charge >= 0.3 is 0 Å². The molecule has 4 nitrogen and oxygen atoms in total. The van der Waals surface area contributed by atoms with Crippen LogP contribution in [0.1, 0.15) is 18.9 Å². The van der Waals surface area contributed by atoms with Gasteiger partial charge in [-0.15, -0.1) is 0 Å². The lowest BCUT2D eigenvalue weighted by atomic mass is 10.0. The van der Waals surface area contributed by atoms with Crippen LogP contribution in [0.15, 0.2) is 61.1 Å². The highest BCUT2D eigenvalue weighted by Gasteiger charge is 2.18. The predicted molar refractivity (Wildman–Crippen MR) is 102 cm³/mol. The quantitative estimate of drug-likeness (QED) is 0.600. The van der Waals surface area contributed by atoms with Gasteiger partial charge in [0.2, 0.25) is 0 Å². The molecule has 2 aromatic carbocycles. The Bertz CT molecular complexity index is 1040. The standard InChI is InChI=1S/C21H20N4/c1-2-4-16-11-17(6-5-15(16)3-1)18-12-20-21(23-13-18)25(14-24-20)19-7-9-22-10-8-19/h1-6,11-14,19,22H,7-10H2. The maximum atomic E-state index is 4.75. The van der Waals surface area contributed by atoms with Gasteiger partial charge in [0.15, 0.2) is 5.65 Å². The van der Waals surface area contributed by atoms with E-state index in [1.807, 2.05) is 12.5 Å². The van der Waals surface area contributed by atoms with Gasteiger partial charge in [0.25, 0.3) is 0 Å². The van der Waals surface area contributed by atoms with Crippen LogP contribution in [0.4, 0.5) is 0 Å². The number of rotatable bonds is 2. The van der Waals surface area contributed by atoms with Crippen molar-refractivity contribution in [3.05, 3.63) is 61.1 Å². The zero-order valence-corrected chi connectivity index (χ0v) is 14.0. The Labute approximate surface area is 146 Å². The summed E-state index contributed by atoms with van der Waals surface area (Å²) in [5.74, 6) is 0. The number of aromatic nitrogens is 3. The van der Waals surface area contributed by atoms with Gasteiger partial charge in [0.1, 0.15) is 5.52 Å². The molecule has 0 amide bonds. The average Bonchev–Trinajstić information content (AvgIpc) is 3.11. The zero-order chi connectivity index (χ0) is 16.6. The van der Waals surface area contributed by atoms with Crippen LogP contribution in [0.5, 0.6) is 0 Å². The molecular formula is C21H20N4. The number of pyridine rings is 1. The van der Waals surface area contributed by atoms with Crippen molar-refractivity contribution in [1.29, 1.82) is 0 Å². The van der Waals surface area contributed by atoms with E-state index in [0.29, 0.717) is 6.04 Å². The molecule has 2 aromatic heterocycles. The second-order valence-corrected chi connectivity index (χ2v) is 6.76. The summed E-state index contributed by atoms with van der Waals surface area (Å²) in [6.45, 7) is 2.14. The Morgan fingerprint density at radius 2 is 1.72 bits per heavy atom. The Morgan fingerprint density at radius 3 is 2.60 bits per heavy atom. The van der Waals surface area contributed by atoms with E-state index in [1.165, 1.54) is 16.3 Å². The van der Waals surface area contributed by atoms with Crippen molar-refractivity contribution >= 4 is 21.9 Å². The predicted octanol–water partition coefficient (Wildman–Crippen LogP) is 4.18. The molecule has 0 radical (unpaired) electrons. The molecule has 1 saturated heterocycles. The number of hydrogen-bond donors (Lipinski definition) is 1. The van der Waals surface area contributed by atoms with E-state index in [2.05, 4.69) is 63.4 Å². The minimum atomic E-state index is 0.505. The van der Waals surface area contributed by atoms with Crippen molar-refractivity contribution in [3.8, 4) is 11.1 Å². The number of hydrogen-bond acceptors (Lipinski definition) is 3. The third kappa shape index (κ3) is 2.59. The first-order valence-corrected chi connectivity index (χ1v) is 8.91. The highest BCUT2D eigenvalue weighted by atomic mass is 15.1. The largest absolute Gasteiger partial charge is 0.317 e. The summed E-state index contributed by atoms with van der Waals surface area (Å²) >= 11 is 0. The highest BCUT2D eigenvalue weighted by Crippen LogP contribution is 2.28. The molecular weight excluding hydrogens is 308 g/mol. The van der Waals surface area contributed by atoms with Crippen molar-refractivity contribution in [2.45, 2.75) is 18.9 Å². The SMILES string of the molecule is c1ccc2cc(-c3cnc4c(c3)ncn4C3CCNCC3)ccc2c1. The monoisotopic (exact) mass is 328 g/mol. The topological polar surface area (TPSA) is 42.7 Å². The molecule has 4 heteroatoms. The number of imidazole rings is 1. The molecule has 1 fully saturated rings. The first-order chi connectivity index (χ1) is 12.4. The first kappa shape index (κ1) is 14.6. The lowest BCUT2D eigenvalue weighted by Gasteiger charge is -2.24. The van der Waals surface area contributed by atoms with E-state index in [1.54, 1.807) is 0 Å². The molecule has 124 valence electrons. The minimum Gasteiger partial charge on any atom is -0.317 e. The Hall–Kier alpha value is -2.72. The molecule has 0 aliphatic carbocycles. The smallest absolute Gasteiger partial charge is 0.160 e. The molecule has 5 rings (SSSR count). The maximum Gasteiger partial charge on any atom is 0.160 e. The fraction of sp³-hybridized carbons (Fsp3) is 0.238. The van der Waals surface area contributed by atoms with E-state index in [0.717, 1.165) is 42.7 Å². The normalized spacial score (nSPS) is 15.8. The Morgan fingerprint density at radius 1 is 0.880 bits per heavy atom. The van der Waals surface area contributed by atoms with Gasteiger partial charge in [0, 0.05) is 17.8 Å². The van der Waals surface area contributed by atoms with Gasteiger partial charge in [0.05, 0.1) is 6.33 Å². The minimum absolute atomic E-state index is 0.505. The number of piperidine rings is 1. The van der Waals surface area contributed by atoms with E-state index >= 15 is 0 Å². The summed E-state index contributed by atoms with van der Waals surface area (Å²) < 4.78 is 2.25. The molecule has 0 saturated carbocycles. The molecule has 1 N–H and O–H groups in total.